The van der Waals surface area contributed by atoms with Crippen molar-refractivity contribution in [1.82, 2.24) is 20.2 Å². The monoisotopic (exact) mass is 484 g/mol. The minimum Gasteiger partial charge on any atom is -0.464 e. The number of anilines is 2. The number of hydrogen-bond donors (Lipinski definition) is 3. The van der Waals surface area contributed by atoms with Gasteiger partial charge in [0.15, 0.2) is 11.9 Å². The summed E-state index contributed by atoms with van der Waals surface area (Å²) in [7, 11) is 0. The molecule has 188 valence electrons. The third kappa shape index (κ3) is 6.66. The van der Waals surface area contributed by atoms with Crippen LogP contribution in [-0.4, -0.2) is 89.2 Å². The molecule has 3 N–H and O–H groups in total. The van der Waals surface area contributed by atoms with Gasteiger partial charge in [0.2, 0.25) is 0 Å². The summed E-state index contributed by atoms with van der Waals surface area (Å²) in [6.45, 7) is 7.60. The maximum atomic E-state index is 12.9. The molecule has 1 saturated heterocycles. The molecule has 0 radical (unpaired) electrons. The van der Waals surface area contributed by atoms with E-state index >= 15 is 0 Å². The lowest BCUT2D eigenvalue weighted by atomic mass is 10.2. The highest BCUT2D eigenvalue weighted by molar-refractivity contribution is 5.98. The van der Waals surface area contributed by atoms with E-state index in [-0.39, 0.29) is 29.8 Å². The molecule has 11 nitrogen and oxygen atoms in total. The number of piperazine rings is 1. The Balaban J connectivity index is 1.58. The van der Waals surface area contributed by atoms with Gasteiger partial charge in [0.25, 0.3) is 11.8 Å². The highest BCUT2D eigenvalue weighted by Gasteiger charge is 2.26. The van der Waals surface area contributed by atoms with Crippen LogP contribution >= 0.6 is 0 Å². The number of ether oxygens (including phenoxy) is 1. The first-order chi connectivity index (χ1) is 16.8. The predicted octanol–water partition coefficient (Wildman–Crippen LogP) is 0.913. The number of aliphatic hydroxyl groups is 1. The Labute approximate surface area is 204 Å². The Kier molecular flexibility index (Phi) is 8.96. The predicted molar refractivity (Wildman–Crippen MR) is 130 cm³/mol. The van der Waals surface area contributed by atoms with E-state index in [1.807, 2.05) is 12.1 Å². The van der Waals surface area contributed by atoms with Gasteiger partial charge in [-0.3, -0.25) is 14.6 Å². The molecule has 3 rings (SSSR count). The van der Waals surface area contributed by atoms with Crippen LogP contribution in [-0.2, 0) is 9.53 Å². The number of rotatable bonds is 9. The van der Waals surface area contributed by atoms with Gasteiger partial charge in [0, 0.05) is 44.6 Å². The fourth-order valence-electron chi connectivity index (χ4n) is 3.67. The van der Waals surface area contributed by atoms with Gasteiger partial charge in [0.05, 0.1) is 24.5 Å². The van der Waals surface area contributed by atoms with Gasteiger partial charge in [-0.25, -0.2) is 9.78 Å². The molecule has 1 fully saturated rings. The Morgan fingerprint density at radius 2 is 1.86 bits per heavy atom. The number of aromatic nitrogens is 2. The van der Waals surface area contributed by atoms with Crippen molar-refractivity contribution in [1.29, 1.82) is 0 Å². The molecule has 1 aliphatic heterocycles. The van der Waals surface area contributed by atoms with E-state index in [0.717, 1.165) is 11.5 Å². The molecular weight excluding hydrogens is 452 g/mol. The van der Waals surface area contributed by atoms with Crippen molar-refractivity contribution in [2.45, 2.75) is 32.9 Å². The molecule has 2 amide bonds. The number of esters is 1. The maximum absolute atomic E-state index is 12.9. The van der Waals surface area contributed by atoms with E-state index in [1.165, 1.54) is 18.3 Å². The van der Waals surface area contributed by atoms with Crippen molar-refractivity contribution in [3.63, 3.8) is 0 Å². The zero-order valence-corrected chi connectivity index (χ0v) is 20.2. The van der Waals surface area contributed by atoms with Gasteiger partial charge < -0.3 is 30.3 Å². The average molecular weight is 485 g/mol. The van der Waals surface area contributed by atoms with Crippen LogP contribution in [0.1, 0.15) is 41.6 Å². The van der Waals surface area contributed by atoms with Crippen LogP contribution in [0.5, 0.6) is 0 Å². The van der Waals surface area contributed by atoms with Crippen molar-refractivity contribution in [2.75, 3.05) is 49.6 Å². The Hall–Kier alpha value is -3.73. The molecule has 35 heavy (non-hydrogen) atoms. The molecule has 3 heterocycles. The van der Waals surface area contributed by atoms with Crippen LogP contribution in [0.4, 0.5) is 11.5 Å². The third-order valence-electron chi connectivity index (χ3n) is 5.40. The molecule has 0 spiro atoms. The van der Waals surface area contributed by atoms with Crippen molar-refractivity contribution in [3.8, 4) is 0 Å². The van der Waals surface area contributed by atoms with E-state index in [4.69, 9.17) is 4.74 Å². The largest absolute Gasteiger partial charge is 0.464 e. The lowest BCUT2D eigenvalue weighted by Gasteiger charge is -2.36. The van der Waals surface area contributed by atoms with Crippen LogP contribution in [0.2, 0.25) is 0 Å². The molecule has 1 aliphatic rings. The highest BCUT2D eigenvalue weighted by Crippen LogP contribution is 2.24. The van der Waals surface area contributed by atoms with E-state index in [9.17, 15) is 19.5 Å². The normalized spacial score (nSPS) is 14.4. The van der Waals surface area contributed by atoms with Crippen molar-refractivity contribution >= 4 is 29.3 Å². The van der Waals surface area contributed by atoms with Crippen molar-refractivity contribution in [2.24, 2.45) is 0 Å². The summed E-state index contributed by atoms with van der Waals surface area (Å²) in [6, 6.07) is 5.93. The summed E-state index contributed by atoms with van der Waals surface area (Å²) in [6.07, 6.45) is 3.03. The Morgan fingerprint density at radius 1 is 1.11 bits per heavy atom. The first-order valence-corrected chi connectivity index (χ1v) is 11.6. The summed E-state index contributed by atoms with van der Waals surface area (Å²) < 4.78 is 4.82. The smallest absolute Gasteiger partial charge is 0.331 e. The molecular formula is C24H32N6O5. The van der Waals surface area contributed by atoms with Gasteiger partial charge >= 0.3 is 5.97 Å². The maximum Gasteiger partial charge on any atom is 0.331 e. The van der Waals surface area contributed by atoms with Crippen LogP contribution in [0.25, 0.3) is 0 Å². The minimum absolute atomic E-state index is 0.135. The van der Waals surface area contributed by atoms with E-state index < -0.39 is 24.5 Å². The molecule has 0 bridgehead atoms. The minimum atomic E-state index is -1.17. The molecule has 0 aromatic carbocycles. The molecule has 0 saturated carbocycles. The summed E-state index contributed by atoms with van der Waals surface area (Å²) in [5.41, 5.74) is 1.35. The number of hydrogen-bond acceptors (Lipinski definition) is 9. The number of pyridine rings is 2. The van der Waals surface area contributed by atoms with Gasteiger partial charge in [-0.1, -0.05) is 0 Å². The fourth-order valence-corrected chi connectivity index (χ4v) is 3.67. The first kappa shape index (κ1) is 25.9. The van der Waals surface area contributed by atoms with Crippen LogP contribution in [0.3, 0.4) is 0 Å². The van der Waals surface area contributed by atoms with Gasteiger partial charge in [-0.05, 0) is 45.0 Å². The molecule has 2 aromatic rings. The topological polar surface area (TPSA) is 137 Å². The summed E-state index contributed by atoms with van der Waals surface area (Å²) >= 11 is 0. The fraction of sp³-hybridized carbons (Fsp3) is 0.458. The lowest BCUT2D eigenvalue weighted by Crippen LogP contribution is -2.49. The first-order valence-electron chi connectivity index (χ1n) is 11.6. The van der Waals surface area contributed by atoms with E-state index in [0.29, 0.717) is 26.2 Å². The molecule has 1 atom stereocenters. The summed E-state index contributed by atoms with van der Waals surface area (Å²) in [5.74, 6) is -0.679. The zero-order chi connectivity index (χ0) is 25.4. The second-order valence-corrected chi connectivity index (χ2v) is 8.35. The number of nitrogens with one attached hydrogen (secondary N) is 2. The van der Waals surface area contributed by atoms with Crippen molar-refractivity contribution < 1.29 is 24.2 Å². The Bertz CT molecular complexity index is 1020. The van der Waals surface area contributed by atoms with E-state index in [1.54, 1.807) is 18.0 Å². The van der Waals surface area contributed by atoms with Gasteiger partial charge in [-0.15, -0.1) is 0 Å². The Morgan fingerprint density at radius 3 is 2.46 bits per heavy atom. The quantitative estimate of drug-likeness (QED) is 0.444. The average Bonchev–Trinajstić information content (AvgIpc) is 2.87. The second kappa shape index (κ2) is 12.1. The van der Waals surface area contributed by atoms with Crippen LogP contribution in [0.15, 0.2) is 36.7 Å². The number of aliphatic hydroxyl groups excluding tert-OH is 1. The second-order valence-electron chi connectivity index (χ2n) is 8.35. The summed E-state index contributed by atoms with van der Waals surface area (Å²) in [5, 5.41) is 15.1. The van der Waals surface area contributed by atoms with Gasteiger partial charge in [0.1, 0.15) is 5.69 Å². The van der Waals surface area contributed by atoms with E-state index in [2.05, 4.69) is 39.3 Å². The summed E-state index contributed by atoms with van der Waals surface area (Å²) in [4.78, 5) is 49.6. The van der Waals surface area contributed by atoms with Crippen LogP contribution in [0, 0.1) is 0 Å². The van der Waals surface area contributed by atoms with Gasteiger partial charge in [-0.2, -0.15) is 0 Å². The number of nitrogens with zero attached hydrogens (tertiary/aromatic N) is 4. The number of carbonyl (C=O) groups excluding carboxylic acids is 3. The molecule has 11 heteroatoms. The molecule has 2 aromatic heterocycles. The molecule has 0 unspecified atom stereocenters. The standard InChI is InChI=1S/C24H32N6O5/c1-4-35-24(34)20(15-31)28-22(32)17-7-8-19(26-14-17)23(33)30-12-10-29(11-13-30)21-18(27-16(2)3)6-5-9-25-21/h5-9,14,16,20,27,31H,4,10-13,15H2,1-3H3,(H,28,32)/t20-/m0/s1. The number of carbonyl (C=O) groups is 3. The van der Waals surface area contributed by atoms with Crippen molar-refractivity contribution in [3.05, 3.63) is 47.9 Å². The third-order valence-corrected chi connectivity index (χ3v) is 5.40. The molecule has 0 aliphatic carbocycles. The zero-order valence-electron chi connectivity index (χ0n) is 20.2. The lowest BCUT2D eigenvalue weighted by molar-refractivity contribution is -0.146. The van der Waals surface area contributed by atoms with Crippen LogP contribution < -0.4 is 15.5 Å². The SMILES string of the molecule is CCOC(=O)[C@H](CO)NC(=O)c1ccc(C(=O)N2CCN(c3ncccc3NC(C)C)CC2)nc1. The highest BCUT2D eigenvalue weighted by atomic mass is 16.5. The number of amides is 2.